The van der Waals surface area contributed by atoms with Gasteiger partial charge in [-0.05, 0) is 25.1 Å². The molecule has 18 heavy (non-hydrogen) atoms. The van der Waals surface area contributed by atoms with Crippen molar-refractivity contribution in [2.75, 3.05) is 5.75 Å². The average molecular weight is 267 g/mol. The van der Waals surface area contributed by atoms with Gasteiger partial charge in [-0.3, -0.25) is 9.00 Å². The van der Waals surface area contributed by atoms with Crippen LogP contribution in [0, 0.1) is 6.92 Å². The fourth-order valence-electron chi connectivity index (χ4n) is 1.46. The highest BCUT2D eigenvalue weighted by Crippen LogP contribution is 2.13. The lowest BCUT2D eigenvalue weighted by Crippen LogP contribution is -2.27. The Balaban J connectivity index is 1.84. The van der Waals surface area contributed by atoms with Crippen molar-refractivity contribution in [1.29, 1.82) is 0 Å². The first-order chi connectivity index (χ1) is 8.66. The van der Waals surface area contributed by atoms with Gasteiger partial charge in [0.05, 0.1) is 34.8 Å². The number of nitrogens with one attached hydrogen (secondary N) is 1. The van der Waals surface area contributed by atoms with Crippen LogP contribution in [0.4, 0.5) is 0 Å². The molecule has 0 bridgehead atoms. The van der Waals surface area contributed by atoms with E-state index in [4.69, 9.17) is 8.83 Å². The van der Waals surface area contributed by atoms with Gasteiger partial charge < -0.3 is 14.2 Å². The standard InChI is InChI=1S/C12H13NO4S/c1-9-11(4-6-16-9)18(15)8-12(14)13-7-10-3-2-5-17-10/h2-6H,7-8H2,1H3,(H,13,14). The molecule has 0 saturated heterocycles. The molecule has 2 aromatic heterocycles. The molecule has 0 radical (unpaired) electrons. The summed E-state index contributed by atoms with van der Waals surface area (Å²) in [6.45, 7) is 2.02. The SMILES string of the molecule is Cc1occc1S(=O)CC(=O)NCc1ccco1. The largest absolute Gasteiger partial charge is 0.468 e. The lowest BCUT2D eigenvalue weighted by atomic mass is 10.4. The Bertz CT molecular complexity index is 544. The van der Waals surface area contributed by atoms with Crippen molar-refractivity contribution < 1.29 is 17.8 Å². The second kappa shape index (κ2) is 5.68. The van der Waals surface area contributed by atoms with Gasteiger partial charge in [-0.15, -0.1) is 0 Å². The summed E-state index contributed by atoms with van der Waals surface area (Å²) in [6.07, 6.45) is 3.00. The van der Waals surface area contributed by atoms with Crippen LogP contribution in [0.5, 0.6) is 0 Å². The lowest BCUT2D eigenvalue weighted by molar-refractivity contribution is -0.118. The molecule has 2 rings (SSSR count). The van der Waals surface area contributed by atoms with Gasteiger partial charge in [0.1, 0.15) is 17.3 Å². The van der Waals surface area contributed by atoms with E-state index < -0.39 is 10.8 Å². The first kappa shape index (κ1) is 12.6. The second-order valence-corrected chi connectivity index (χ2v) is 5.11. The summed E-state index contributed by atoms with van der Waals surface area (Å²) in [7, 11) is -1.38. The Morgan fingerprint density at radius 1 is 1.33 bits per heavy atom. The van der Waals surface area contributed by atoms with Gasteiger partial charge in [0.2, 0.25) is 5.91 Å². The van der Waals surface area contributed by atoms with E-state index in [0.29, 0.717) is 23.0 Å². The minimum atomic E-state index is -1.38. The summed E-state index contributed by atoms with van der Waals surface area (Å²) in [6, 6.07) is 5.12. The van der Waals surface area contributed by atoms with Crippen molar-refractivity contribution in [3.8, 4) is 0 Å². The van der Waals surface area contributed by atoms with Crippen molar-refractivity contribution in [2.45, 2.75) is 18.4 Å². The van der Waals surface area contributed by atoms with Gasteiger partial charge in [-0.25, -0.2) is 0 Å². The molecule has 0 saturated carbocycles. The van der Waals surface area contributed by atoms with Crippen LogP contribution in [0.3, 0.4) is 0 Å². The van der Waals surface area contributed by atoms with Gasteiger partial charge >= 0.3 is 0 Å². The van der Waals surface area contributed by atoms with Crippen LogP contribution in [0.2, 0.25) is 0 Å². The topological polar surface area (TPSA) is 72.5 Å². The summed E-state index contributed by atoms with van der Waals surface area (Å²) >= 11 is 0. The molecule has 0 spiro atoms. The molecule has 5 nitrogen and oxygen atoms in total. The zero-order valence-electron chi connectivity index (χ0n) is 9.84. The third-order valence-electron chi connectivity index (χ3n) is 2.36. The Labute approximate surface area is 107 Å². The number of hydrogen-bond acceptors (Lipinski definition) is 4. The molecule has 1 unspecified atom stereocenters. The van der Waals surface area contributed by atoms with E-state index in [0.717, 1.165) is 0 Å². The molecule has 0 aliphatic rings. The first-order valence-electron chi connectivity index (χ1n) is 5.38. The predicted molar refractivity (Wildman–Crippen MR) is 65.3 cm³/mol. The highest BCUT2D eigenvalue weighted by molar-refractivity contribution is 7.85. The maximum atomic E-state index is 11.9. The number of carbonyl (C=O) groups excluding carboxylic acids is 1. The van der Waals surface area contributed by atoms with Crippen molar-refractivity contribution in [3.63, 3.8) is 0 Å². The van der Waals surface area contributed by atoms with Crippen molar-refractivity contribution in [1.82, 2.24) is 5.32 Å². The van der Waals surface area contributed by atoms with Gasteiger partial charge in [0, 0.05) is 0 Å². The molecule has 0 fully saturated rings. The molecule has 2 heterocycles. The second-order valence-electron chi connectivity index (χ2n) is 3.69. The van der Waals surface area contributed by atoms with E-state index in [1.807, 2.05) is 0 Å². The molecule has 0 aliphatic heterocycles. The predicted octanol–water partition coefficient (Wildman–Crippen LogP) is 1.61. The number of amides is 1. The van der Waals surface area contributed by atoms with E-state index in [2.05, 4.69) is 5.32 Å². The minimum absolute atomic E-state index is 0.0823. The first-order valence-corrected chi connectivity index (χ1v) is 6.70. The monoisotopic (exact) mass is 267 g/mol. The fourth-order valence-corrected chi connectivity index (χ4v) is 2.53. The quantitative estimate of drug-likeness (QED) is 0.893. The Hall–Kier alpha value is -1.82. The molecule has 1 atom stereocenters. The fraction of sp³-hybridized carbons (Fsp3) is 0.250. The molecule has 96 valence electrons. The van der Waals surface area contributed by atoms with Crippen LogP contribution in [-0.4, -0.2) is 15.9 Å². The van der Waals surface area contributed by atoms with E-state index in [1.165, 1.54) is 12.5 Å². The third kappa shape index (κ3) is 3.10. The molecular formula is C12H13NO4S. The van der Waals surface area contributed by atoms with Crippen LogP contribution in [0.15, 0.2) is 44.5 Å². The molecular weight excluding hydrogens is 254 g/mol. The van der Waals surface area contributed by atoms with Gasteiger partial charge in [-0.1, -0.05) is 0 Å². The Morgan fingerprint density at radius 3 is 2.78 bits per heavy atom. The van der Waals surface area contributed by atoms with Crippen LogP contribution >= 0.6 is 0 Å². The average Bonchev–Trinajstić information content (AvgIpc) is 2.97. The highest BCUT2D eigenvalue weighted by Gasteiger charge is 2.14. The van der Waals surface area contributed by atoms with E-state index >= 15 is 0 Å². The third-order valence-corrected chi connectivity index (χ3v) is 3.80. The maximum Gasteiger partial charge on any atom is 0.233 e. The smallest absolute Gasteiger partial charge is 0.233 e. The summed E-state index contributed by atoms with van der Waals surface area (Å²) < 4.78 is 22.0. The normalized spacial score (nSPS) is 12.3. The summed E-state index contributed by atoms with van der Waals surface area (Å²) in [5.74, 6) is 0.868. The summed E-state index contributed by atoms with van der Waals surface area (Å²) in [5, 5.41) is 2.64. The van der Waals surface area contributed by atoms with Crippen molar-refractivity contribution in [3.05, 3.63) is 42.2 Å². The number of carbonyl (C=O) groups is 1. The molecule has 6 heteroatoms. The van der Waals surface area contributed by atoms with Crippen LogP contribution in [0.1, 0.15) is 11.5 Å². The van der Waals surface area contributed by atoms with Gasteiger partial charge in [0.25, 0.3) is 0 Å². The summed E-state index contributed by atoms with van der Waals surface area (Å²) in [4.78, 5) is 12.1. The molecule has 2 aromatic rings. The number of furan rings is 2. The lowest BCUT2D eigenvalue weighted by Gasteiger charge is -2.03. The van der Waals surface area contributed by atoms with Crippen LogP contribution < -0.4 is 5.32 Å². The minimum Gasteiger partial charge on any atom is -0.468 e. The highest BCUT2D eigenvalue weighted by atomic mass is 32.2. The molecule has 0 aromatic carbocycles. The van der Waals surface area contributed by atoms with Crippen molar-refractivity contribution in [2.24, 2.45) is 0 Å². The molecule has 1 N–H and O–H groups in total. The van der Waals surface area contributed by atoms with Crippen molar-refractivity contribution >= 4 is 16.7 Å². The van der Waals surface area contributed by atoms with Gasteiger partial charge in [0.15, 0.2) is 0 Å². The van der Waals surface area contributed by atoms with E-state index in [9.17, 15) is 9.00 Å². The summed E-state index contributed by atoms with van der Waals surface area (Å²) in [5.41, 5.74) is 0. The van der Waals surface area contributed by atoms with Crippen LogP contribution in [-0.2, 0) is 22.1 Å². The zero-order chi connectivity index (χ0) is 13.0. The Kier molecular flexibility index (Phi) is 3.99. The number of rotatable bonds is 5. The van der Waals surface area contributed by atoms with Crippen LogP contribution in [0.25, 0.3) is 0 Å². The zero-order valence-corrected chi connectivity index (χ0v) is 10.7. The molecule has 1 amide bonds. The van der Waals surface area contributed by atoms with E-state index in [1.54, 1.807) is 25.1 Å². The maximum absolute atomic E-state index is 11.9. The molecule has 0 aliphatic carbocycles. The number of aryl methyl sites for hydroxylation is 1. The van der Waals surface area contributed by atoms with Gasteiger partial charge in [-0.2, -0.15) is 0 Å². The Morgan fingerprint density at radius 2 is 2.17 bits per heavy atom. The number of hydrogen-bond donors (Lipinski definition) is 1. The van der Waals surface area contributed by atoms with E-state index in [-0.39, 0.29) is 11.7 Å².